The van der Waals surface area contributed by atoms with Gasteiger partial charge in [-0.3, -0.25) is 9.59 Å². The van der Waals surface area contributed by atoms with E-state index in [1.807, 2.05) is 0 Å². The number of anilines is 2. The fourth-order valence-electron chi connectivity index (χ4n) is 2.59. The van der Waals surface area contributed by atoms with Crippen LogP contribution >= 0.6 is 0 Å². The van der Waals surface area contributed by atoms with Crippen molar-refractivity contribution < 1.29 is 14.0 Å². The zero-order valence-electron chi connectivity index (χ0n) is 15.3. The molecule has 0 unspecified atom stereocenters. The maximum absolute atomic E-state index is 13.6. The fraction of sp³-hybridized carbons (Fsp3) is 0.200. The Morgan fingerprint density at radius 3 is 2.39 bits per heavy atom. The van der Waals surface area contributed by atoms with Gasteiger partial charge < -0.3 is 10.6 Å². The van der Waals surface area contributed by atoms with Crippen LogP contribution in [0.4, 0.5) is 15.8 Å². The molecule has 0 radical (unpaired) electrons. The minimum absolute atomic E-state index is 0.175. The molecule has 0 saturated carbocycles. The number of hydrogen-bond donors (Lipinski definition) is 2. The van der Waals surface area contributed by atoms with E-state index in [1.165, 1.54) is 23.4 Å². The molecule has 2 aromatic carbocycles. The highest BCUT2D eigenvalue weighted by atomic mass is 19.1. The molecule has 0 spiro atoms. The number of rotatable bonds is 7. The summed E-state index contributed by atoms with van der Waals surface area (Å²) in [5.74, 6) is -0.748. The second kappa shape index (κ2) is 8.90. The topological polar surface area (TPSA) is 88.9 Å². The third kappa shape index (κ3) is 5.00. The van der Waals surface area contributed by atoms with Crippen LogP contribution in [0.25, 0.3) is 0 Å². The first-order chi connectivity index (χ1) is 13.5. The lowest BCUT2D eigenvalue weighted by atomic mass is 10.1. The number of halogens is 1. The van der Waals surface area contributed by atoms with Gasteiger partial charge in [0, 0.05) is 17.8 Å². The Labute approximate surface area is 161 Å². The lowest BCUT2D eigenvalue weighted by molar-refractivity contribution is -0.119. The van der Waals surface area contributed by atoms with Gasteiger partial charge in [0.05, 0.1) is 0 Å². The number of nitrogens with one attached hydrogen (secondary N) is 2. The van der Waals surface area contributed by atoms with Gasteiger partial charge in [0.1, 0.15) is 24.5 Å². The van der Waals surface area contributed by atoms with Crippen molar-refractivity contribution in [1.29, 1.82) is 0 Å². The summed E-state index contributed by atoms with van der Waals surface area (Å²) < 4.78 is 15.0. The molecule has 3 rings (SSSR count). The Morgan fingerprint density at radius 1 is 1.07 bits per heavy atom. The molecule has 28 heavy (non-hydrogen) atoms. The molecule has 144 valence electrons. The quantitative estimate of drug-likeness (QED) is 0.658. The van der Waals surface area contributed by atoms with Crippen LogP contribution in [-0.4, -0.2) is 26.6 Å². The Balaban J connectivity index is 1.50. The second-order valence-corrected chi connectivity index (χ2v) is 6.26. The zero-order valence-corrected chi connectivity index (χ0v) is 15.3. The molecule has 1 heterocycles. The van der Waals surface area contributed by atoms with Crippen molar-refractivity contribution in [3.8, 4) is 0 Å². The molecule has 3 aromatic rings. The number of nitrogens with zero attached hydrogens (tertiary/aromatic N) is 3. The van der Waals surface area contributed by atoms with Crippen LogP contribution in [-0.2, 0) is 16.0 Å². The molecule has 0 saturated heterocycles. The molecule has 2 amide bonds. The van der Waals surface area contributed by atoms with E-state index < -0.39 is 6.04 Å². The van der Waals surface area contributed by atoms with Crippen LogP contribution in [0.3, 0.4) is 0 Å². The van der Waals surface area contributed by atoms with Crippen LogP contribution in [0, 0.1) is 5.82 Å². The van der Waals surface area contributed by atoms with Crippen LogP contribution in [0.2, 0.25) is 0 Å². The minimum Gasteiger partial charge on any atom is -0.326 e. The summed E-state index contributed by atoms with van der Waals surface area (Å²) in [5, 5.41) is 9.49. The lowest BCUT2D eigenvalue weighted by Crippen LogP contribution is -2.24. The van der Waals surface area contributed by atoms with E-state index in [0.29, 0.717) is 23.4 Å². The van der Waals surface area contributed by atoms with Gasteiger partial charge in [-0.1, -0.05) is 18.2 Å². The molecule has 0 aliphatic carbocycles. The predicted molar refractivity (Wildman–Crippen MR) is 103 cm³/mol. The Bertz CT molecular complexity index is 941. The van der Waals surface area contributed by atoms with Crippen LogP contribution < -0.4 is 10.6 Å². The van der Waals surface area contributed by atoms with E-state index in [-0.39, 0.29) is 24.1 Å². The van der Waals surface area contributed by atoms with Gasteiger partial charge in [0.2, 0.25) is 11.8 Å². The average molecular weight is 381 g/mol. The third-order valence-electron chi connectivity index (χ3n) is 4.23. The summed E-state index contributed by atoms with van der Waals surface area (Å²) in [5.41, 5.74) is 1.71. The van der Waals surface area contributed by atoms with Crippen molar-refractivity contribution in [2.24, 2.45) is 0 Å². The largest absolute Gasteiger partial charge is 0.326 e. The SMILES string of the molecule is C[C@@H](C(=O)Nc1ccc(NC(=O)CCc2ccccc2F)cc1)n1cncn1. The molecule has 0 aliphatic rings. The van der Waals surface area contributed by atoms with Crippen molar-refractivity contribution in [3.63, 3.8) is 0 Å². The number of aryl methyl sites for hydroxylation is 1. The summed E-state index contributed by atoms with van der Waals surface area (Å²) in [6.07, 6.45) is 3.35. The lowest BCUT2D eigenvalue weighted by Gasteiger charge is -2.12. The first-order valence-corrected chi connectivity index (χ1v) is 8.81. The molecular formula is C20H20FN5O2. The van der Waals surface area contributed by atoms with Gasteiger partial charge in [0.25, 0.3) is 0 Å². The Kier molecular flexibility index (Phi) is 6.11. The molecule has 0 aliphatic heterocycles. The van der Waals surface area contributed by atoms with E-state index in [0.717, 1.165) is 0 Å². The van der Waals surface area contributed by atoms with Crippen LogP contribution in [0.15, 0.2) is 61.2 Å². The number of carbonyl (C=O) groups is 2. The third-order valence-corrected chi connectivity index (χ3v) is 4.23. The summed E-state index contributed by atoms with van der Waals surface area (Å²) >= 11 is 0. The molecule has 1 aromatic heterocycles. The Hall–Kier alpha value is -3.55. The summed E-state index contributed by atoms with van der Waals surface area (Å²) in [6.45, 7) is 1.72. The molecule has 7 nitrogen and oxygen atoms in total. The van der Waals surface area contributed by atoms with E-state index in [1.54, 1.807) is 49.4 Å². The maximum atomic E-state index is 13.6. The van der Waals surface area contributed by atoms with Gasteiger partial charge in [-0.25, -0.2) is 14.1 Å². The summed E-state index contributed by atoms with van der Waals surface area (Å²) in [4.78, 5) is 28.1. The van der Waals surface area contributed by atoms with Gasteiger partial charge in [0.15, 0.2) is 0 Å². The van der Waals surface area contributed by atoms with Gasteiger partial charge in [-0.05, 0) is 49.2 Å². The molecular weight excluding hydrogens is 361 g/mol. The Morgan fingerprint density at radius 2 is 1.75 bits per heavy atom. The predicted octanol–water partition coefficient (Wildman–Crippen LogP) is 3.19. The first-order valence-electron chi connectivity index (χ1n) is 8.81. The number of carbonyl (C=O) groups excluding carboxylic acids is 2. The highest BCUT2D eigenvalue weighted by molar-refractivity contribution is 5.94. The van der Waals surface area contributed by atoms with Crippen molar-refractivity contribution in [3.05, 3.63) is 72.6 Å². The molecule has 0 bridgehead atoms. The second-order valence-electron chi connectivity index (χ2n) is 6.26. The number of amides is 2. The van der Waals surface area contributed by atoms with E-state index in [2.05, 4.69) is 20.7 Å². The van der Waals surface area contributed by atoms with Gasteiger partial charge in [-0.15, -0.1) is 0 Å². The van der Waals surface area contributed by atoms with Crippen LogP contribution in [0.5, 0.6) is 0 Å². The van der Waals surface area contributed by atoms with Crippen LogP contribution in [0.1, 0.15) is 24.9 Å². The average Bonchev–Trinajstić information content (AvgIpc) is 3.23. The van der Waals surface area contributed by atoms with Gasteiger partial charge in [-0.2, -0.15) is 5.10 Å². The van der Waals surface area contributed by atoms with E-state index in [4.69, 9.17) is 0 Å². The number of hydrogen-bond acceptors (Lipinski definition) is 4. The smallest absolute Gasteiger partial charge is 0.249 e. The van der Waals surface area contributed by atoms with Crippen molar-refractivity contribution in [1.82, 2.24) is 14.8 Å². The molecule has 1 atom stereocenters. The number of benzene rings is 2. The molecule has 0 fully saturated rings. The summed E-state index contributed by atoms with van der Waals surface area (Å²) in [7, 11) is 0. The first kappa shape index (κ1) is 19.2. The standard InChI is InChI=1S/C20H20FN5O2/c1-14(26-13-22-12-23-26)20(28)25-17-9-7-16(8-10-17)24-19(27)11-6-15-4-2-3-5-18(15)21/h2-5,7-10,12-14H,6,11H2,1H3,(H,24,27)(H,25,28)/t14-/m0/s1. The minimum atomic E-state index is -0.500. The van der Waals surface area contributed by atoms with E-state index >= 15 is 0 Å². The normalized spacial score (nSPS) is 11.6. The van der Waals surface area contributed by atoms with Gasteiger partial charge >= 0.3 is 0 Å². The summed E-state index contributed by atoms with van der Waals surface area (Å²) in [6, 6.07) is 12.7. The highest BCUT2D eigenvalue weighted by Gasteiger charge is 2.15. The van der Waals surface area contributed by atoms with Crippen molar-refractivity contribution >= 4 is 23.2 Å². The monoisotopic (exact) mass is 381 g/mol. The molecule has 2 N–H and O–H groups in total. The van der Waals surface area contributed by atoms with Crippen molar-refractivity contribution in [2.75, 3.05) is 10.6 Å². The highest BCUT2D eigenvalue weighted by Crippen LogP contribution is 2.16. The zero-order chi connectivity index (χ0) is 19.9. The van der Waals surface area contributed by atoms with Crippen molar-refractivity contribution in [2.45, 2.75) is 25.8 Å². The van der Waals surface area contributed by atoms with E-state index in [9.17, 15) is 14.0 Å². The molecule has 8 heteroatoms. The number of aromatic nitrogens is 3. The fourth-order valence-corrected chi connectivity index (χ4v) is 2.59. The maximum Gasteiger partial charge on any atom is 0.249 e.